The van der Waals surface area contributed by atoms with Gasteiger partial charge in [0.25, 0.3) is 0 Å². The highest BCUT2D eigenvalue weighted by molar-refractivity contribution is 5.76. The lowest BCUT2D eigenvalue weighted by Gasteiger charge is -2.16. The van der Waals surface area contributed by atoms with E-state index in [0.717, 1.165) is 29.7 Å². The molecule has 0 radical (unpaired) electrons. The predicted molar refractivity (Wildman–Crippen MR) is 78.4 cm³/mol. The standard InChI is InChI=1S/C15H20N4O/c1-10(16-15(20)17-11-6-2-3-7-11)14-18-12-8-4-5-9-13(12)19-14/h4-5,8-11H,2-3,6-7H2,1H3,(H,18,19)(H2,16,17,20). The number of fused-ring (bicyclic) bond motifs is 1. The van der Waals surface area contributed by atoms with Gasteiger partial charge in [0.1, 0.15) is 5.82 Å². The number of urea groups is 1. The minimum Gasteiger partial charge on any atom is -0.340 e. The molecule has 1 heterocycles. The molecule has 5 nitrogen and oxygen atoms in total. The summed E-state index contributed by atoms with van der Waals surface area (Å²) in [6.45, 7) is 1.94. The Morgan fingerprint density at radius 1 is 1.35 bits per heavy atom. The van der Waals surface area contributed by atoms with Crippen molar-refractivity contribution in [3.63, 3.8) is 0 Å². The molecule has 0 saturated heterocycles. The van der Waals surface area contributed by atoms with Crippen molar-refractivity contribution in [3.8, 4) is 0 Å². The smallest absolute Gasteiger partial charge is 0.315 e. The first-order valence-electron chi connectivity index (χ1n) is 7.24. The molecule has 1 fully saturated rings. The van der Waals surface area contributed by atoms with E-state index < -0.39 is 0 Å². The molecule has 2 amide bonds. The van der Waals surface area contributed by atoms with Crippen LogP contribution in [-0.2, 0) is 0 Å². The molecular weight excluding hydrogens is 252 g/mol. The first-order chi connectivity index (χ1) is 9.72. The highest BCUT2D eigenvalue weighted by Crippen LogP contribution is 2.18. The minimum absolute atomic E-state index is 0.107. The summed E-state index contributed by atoms with van der Waals surface area (Å²) in [5.74, 6) is 0.785. The van der Waals surface area contributed by atoms with Crippen LogP contribution in [0.15, 0.2) is 24.3 Å². The van der Waals surface area contributed by atoms with Crippen molar-refractivity contribution in [1.82, 2.24) is 20.6 Å². The Morgan fingerprint density at radius 3 is 2.85 bits per heavy atom. The Morgan fingerprint density at radius 2 is 2.10 bits per heavy atom. The van der Waals surface area contributed by atoms with Crippen molar-refractivity contribution in [2.75, 3.05) is 0 Å². The van der Waals surface area contributed by atoms with Gasteiger partial charge in [-0.05, 0) is 31.9 Å². The van der Waals surface area contributed by atoms with Crippen molar-refractivity contribution in [1.29, 1.82) is 0 Å². The molecule has 0 bridgehead atoms. The largest absolute Gasteiger partial charge is 0.340 e. The first-order valence-corrected chi connectivity index (χ1v) is 7.24. The van der Waals surface area contributed by atoms with Gasteiger partial charge in [0.2, 0.25) is 0 Å². The zero-order chi connectivity index (χ0) is 13.9. The van der Waals surface area contributed by atoms with Crippen LogP contribution in [0.5, 0.6) is 0 Å². The molecule has 1 saturated carbocycles. The topological polar surface area (TPSA) is 69.8 Å². The third kappa shape index (κ3) is 2.76. The van der Waals surface area contributed by atoms with Crippen molar-refractivity contribution in [2.24, 2.45) is 0 Å². The van der Waals surface area contributed by atoms with Gasteiger partial charge < -0.3 is 15.6 Å². The quantitative estimate of drug-likeness (QED) is 0.804. The molecule has 2 aromatic rings. The summed E-state index contributed by atoms with van der Waals surface area (Å²) in [6, 6.07) is 7.96. The zero-order valence-corrected chi connectivity index (χ0v) is 11.6. The van der Waals surface area contributed by atoms with Crippen LogP contribution in [-0.4, -0.2) is 22.0 Å². The van der Waals surface area contributed by atoms with E-state index in [1.54, 1.807) is 0 Å². The highest BCUT2D eigenvalue weighted by Gasteiger charge is 2.19. The number of nitrogens with zero attached hydrogens (tertiary/aromatic N) is 1. The Hall–Kier alpha value is -2.04. The number of benzene rings is 1. The monoisotopic (exact) mass is 272 g/mol. The fraction of sp³-hybridized carbons (Fsp3) is 0.467. The lowest BCUT2D eigenvalue weighted by atomic mass is 10.2. The second kappa shape index (κ2) is 5.53. The van der Waals surface area contributed by atoms with Gasteiger partial charge >= 0.3 is 6.03 Å². The zero-order valence-electron chi connectivity index (χ0n) is 11.6. The second-order valence-electron chi connectivity index (χ2n) is 5.46. The Kier molecular flexibility index (Phi) is 3.58. The number of H-pyrrole nitrogens is 1. The second-order valence-corrected chi connectivity index (χ2v) is 5.46. The maximum absolute atomic E-state index is 11.9. The predicted octanol–water partition coefficient (Wildman–Crippen LogP) is 2.87. The molecule has 1 aromatic carbocycles. The van der Waals surface area contributed by atoms with Gasteiger partial charge in [-0.2, -0.15) is 0 Å². The minimum atomic E-state index is -0.135. The maximum atomic E-state index is 11.9. The van der Waals surface area contributed by atoms with E-state index in [0.29, 0.717) is 6.04 Å². The number of para-hydroxylation sites is 2. The molecule has 1 aliphatic carbocycles. The van der Waals surface area contributed by atoms with Crippen LogP contribution in [0.25, 0.3) is 11.0 Å². The molecule has 106 valence electrons. The molecule has 3 N–H and O–H groups in total. The number of hydrogen-bond acceptors (Lipinski definition) is 2. The average Bonchev–Trinajstić information content (AvgIpc) is 3.06. The van der Waals surface area contributed by atoms with Crippen LogP contribution in [0.4, 0.5) is 4.79 Å². The SMILES string of the molecule is CC(NC(=O)NC1CCCC1)c1nc2ccccc2[nH]1. The molecule has 3 rings (SSSR count). The fourth-order valence-corrected chi connectivity index (χ4v) is 2.74. The van der Waals surface area contributed by atoms with E-state index in [2.05, 4.69) is 20.6 Å². The van der Waals surface area contributed by atoms with E-state index in [-0.39, 0.29) is 12.1 Å². The molecule has 0 spiro atoms. The van der Waals surface area contributed by atoms with Gasteiger partial charge in [-0.15, -0.1) is 0 Å². The summed E-state index contributed by atoms with van der Waals surface area (Å²) >= 11 is 0. The normalized spacial score (nSPS) is 17.2. The van der Waals surface area contributed by atoms with E-state index in [1.807, 2.05) is 31.2 Å². The van der Waals surface area contributed by atoms with Crippen LogP contribution in [0.3, 0.4) is 0 Å². The van der Waals surface area contributed by atoms with Gasteiger partial charge in [0, 0.05) is 6.04 Å². The van der Waals surface area contributed by atoms with E-state index in [9.17, 15) is 4.79 Å². The molecule has 1 aromatic heterocycles. The van der Waals surface area contributed by atoms with Gasteiger partial charge in [0.05, 0.1) is 17.1 Å². The summed E-state index contributed by atoms with van der Waals surface area (Å²) in [5, 5.41) is 5.96. The molecule has 5 heteroatoms. The summed E-state index contributed by atoms with van der Waals surface area (Å²) in [6.07, 6.45) is 4.60. The van der Waals surface area contributed by atoms with Gasteiger partial charge in [-0.3, -0.25) is 0 Å². The summed E-state index contributed by atoms with van der Waals surface area (Å²) in [5.41, 5.74) is 1.92. The summed E-state index contributed by atoms with van der Waals surface area (Å²) < 4.78 is 0. The van der Waals surface area contributed by atoms with E-state index in [4.69, 9.17) is 0 Å². The molecule has 1 aliphatic rings. The number of imidazole rings is 1. The lowest BCUT2D eigenvalue weighted by Crippen LogP contribution is -2.42. The van der Waals surface area contributed by atoms with Gasteiger partial charge in [0.15, 0.2) is 0 Å². The molecule has 0 aliphatic heterocycles. The van der Waals surface area contributed by atoms with Crippen molar-refractivity contribution in [3.05, 3.63) is 30.1 Å². The number of rotatable bonds is 3. The van der Waals surface area contributed by atoms with Crippen LogP contribution in [0.2, 0.25) is 0 Å². The summed E-state index contributed by atoms with van der Waals surface area (Å²) in [4.78, 5) is 19.7. The highest BCUT2D eigenvalue weighted by atomic mass is 16.2. The number of amides is 2. The number of aromatic amines is 1. The molecular formula is C15H20N4O. The van der Waals surface area contributed by atoms with E-state index >= 15 is 0 Å². The Balaban J connectivity index is 1.62. The van der Waals surface area contributed by atoms with Crippen molar-refractivity contribution in [2.45, 2.75) is 44.7 Å². The van der Waals surface area contributed by atoms with Gasteiger partial charge in [-0.1, -0.05) is 25.0 Å². The summed E-state index contributed by atoms with van der Waals surface area (Å²) in [7, 11) is 0. The molecule has 1 atom stereocenters. The third-order valence-corrected chi connectivity index (χ3v) is 3.86. The molecule has 20 heavy (non-hydrogen) atoms. The average molecular weight is 272 g/mol. The van der Waals surface area contributed by atoms with Crippen molar-refractivity contribution < 1.29 is 4.79 Å². The maximum Gasteiger partial charge on any atom is 0.315 e. The Bertz CT molecular complexity index is 568. The lowest BCUT2D eigenvalue weighted by molar-refractivity contribution is 0.233. The third-order valence-electron chi connectivity index (χ3n) is 3.86. The van der Waals surface area contributed by atoms with E-state index in [1.165, 1.54) is 12.8 Å². The van der Waals surface area contributed by atoms with Crippen LogP contribution >= 0.6 is 0 Å². The van der Waals surface area contributed by atoms with Gasteiger partial charge in [-0.25, -0.2) is 9.78 Å². The van der Waals surface area contributed by atoms with Crippen LogP contribution in [0.1, 0.15) is 44.5 Å². The number of carbonyl (C=O) groups is 1. The molecule has 1 unspecified atom stereocenters. The number of hydrogen-bond donors (Lipinski definition) is 3. The number of aromatic nitrogens is 2. The number of nitrogens with one attached hydrogen (secondary N) is 3. The fourth-order valence-electron chi connectivity index (χ4n) is 2.74. The Labute approximate surface area is 118 Å². The van der Waals surface area contributed by atoms with Crippen LogP contribution in [0, 0.1) is 0 Å². The number of carbonyl (C=O) groups excluding carboxylic acids is 1. The van der Waals surface area contributed by atoms with Crippen LogP contribution < -0.4 is 10.6 Å². The first kappa shape index (κ1) is 13.0. The van der Waals surface area contributed by atoms with Crippen molar-refractivity contribution >= 4 is 17.1 Å².